The molecule has 0 saturated carbocycles. The molecule has 1 fully saturated rings. The van der Waals surface area contributed by atoms with Gasteiger partial charge in [-0.3, -0.25) is 15.0 Å². The van der Waals surface area contributed by atoms with Gasteiger partial charge in [-0.05, 0) is 25.8 Å². The van der Waals surface area contributed by atoms with Crippen molar-refractivity contribution in [2.24, 2.45) is 0 Å². The highest BCUT2D eigenvalue weighted by Gasteiger charge is 2.23. The molecule has 3 N–H and O–H groups in total. The van der Waals surface area contributed by atoms with Crippen molar-refractivity contribution in [2.45, 2.75) is 45.4 Å². The summed E-state index contributed by atoms with van der Waals surface area (Å²) in [4.78, 5) is 24.6. The first-order chi connectivity index (χ1) is 11.1. The number of hydrogen-bond donors (Lipinski definition) is 3. The maximum absolute atomic E-state index is 12.4. The van der Waals surface area contributed by atoms with Crippen molar-refractivity contribution in [1.82, 2.24) is 25.9 Å². The lowest BCUT2D eigenvalue weighted by molar-refractivity contribution is -0.122. The average Bonchev–Trinajstić information content (AvgIpc) is 3.00. The second-order valence-electron chi connectivity index (χ2n) is 5.84. The van der Waals surface area contributed by atoms with E-state index < -0.39 is 0 Å². The van der Waals surface area contributed by atoms with Gasteiger partial charge in [0, 0.05) is 11.4 Å². The predicted octanol–water partition coefficient (Wildman–Crippen LogP) is 0.424. The van der Waals surface area contributed by atoms with Crippen LogP contribution in [0.25, 0.3) is 10.8 Å². The lowest BCUT2D eigenvalue weighted by atomic mass is 10.1. The third-order valence-electron chi connectivity index (χ3n) is 4.16. The topological polar surface area (TPSA) is 88.0 Å². The summed E-state index contributed by atoms with van der Waals surface area (Å²) in [6, 6.07) is 7.66. The third kappa shape index (κ3) is 3.25. The lowest BCUT2D eigenvalue weighted by Crippen LogP contribution is -2.46. The maximum atomic E-state index is 12.4. The van der Waals surface area contributed by atoms with E-state index in [-0.39, 0.29) is 24.2 Å². The molecule has 0 bridgehead atoms. The van der Waals surface area contributed by atoms with Gasteiger partial charge in [-0.25, -0.2) is 10.1 Å². The molecule has 1 saturated heterocycles. The molecule has 0 spiro atoms. The molecule has 1 aliphatic heterocycles. The summed E-state index contributed by atoms with van der Waals surface area (Å²) in [5, 5.41) is 8.53. The largest absolute Gasteiger partial charge is 0.338 e. The van der Waals surface area contributed by atoms with E-state index in [0.29, 0.717) is 11.4 Å². The predicted molar refractivity (Wildman–Crippen MR) is 87.6 cm³/mol. The van der Waals surface area contributed by atoms with Gasteiger partial charge in [0.25, 0.3) is 5.56 Å². The normalized spacial score (nSPS) is 20.8. The average molecular weight is 315 g/mol. The Morgan fingerprint density at radius 1 is 1.35 bits per heavy atom. The first kappa shape index (κ1) is 15.6. The molecule has 122 valence electrons. The van der Waals surface area contributed by atoms with Gasteiger partial charge in [-0.15, -0.1) is 0 Å². The molecule has 1 aromatic heterocycles. The van der Waals surface area contributed by atoms with E-state index in [1.165, 1.54) is 4.68 Å². The standard InChI is InChI=1S/C16H21N5O2/c1-3-11-8-14(19-18-11)17-15(22)9-21-16(23)13-7-5-4-6-12(13)10(2)20-21/h4-7,11,14,18-19H,3,8-9H2,1-2H3,(H,17,22). The zero-order chi connectivity index (χ0) is 16.4. The monoisotopic (exact) mass is 315 g/mol. The Morgan fingerprint density at radius 3 is 2.78 bits per heavy atom. The van der Waals surface area contributed by atoms with Gasteiger partial charge < -0.3 is 5.32 Å². The number of rotatable bonds is 4. The van der Waals surface area contributed by atoms with Crippen LogP contribution in [-0.4, -0.2) is 27.9 Å². The quantitative estimate of drug-likeness (QED) is 0.761. The minimum atomic E-state index is -0.245. The number of nitrogens with one attached hydrogen (secondary N) is 3. The van der Waals surface area contributed by atoms with Crippen molar-refractivity contribution >= 4 is 16.7 Å². The molecule has 2 aromatic rings. The van der Waals surface area contributed by atoms with Crippen LogP contribution in [0.1, 0.15) is 25.5 Å². The molecule has 7 heteroatoms. The number of nitrogens with zero attached hydrogens (tertiary/aromatic N) is 2. The first-order valence-electron chi connectivity index (χ1n) is 7.85. The van der Waals surface area contributed by atoms with Crippen molar-refractivity contribution in [3.63, 3.8) is 0 Å². The van der Waals surface area contributed by atoms with E-state index in [9.17, 15) is 9.59 Å². The second-order valence-corrected chi connectivity index (χ2v) is 5.84. The molecule has 23 heavy (non-hydrogen) atoms. The number of amides is 1. The zero-order valence-electron chi connectivity index (χ0n) is 13.3. The summed E-state index contributed by atoms with van der Waals surface area (Å²) in [5.41, 5.74) is 6.65. The van der Waals surface area contributed by atoms with Gasteiger partial charge in [-0.2, -0.15) is 5.10 Å². The molecule has 7 nitrogen and oxygen atoms in total. The van der Waals surface area contributed by atoms with Gasteiger partial charge in [0.1, 0.15) is 6.54 Å². The Balaban J connectivity index is 1.75. The smallest absolute Gasteiger partial charge is 0.275 e. The van der Waals surface area contributed by atoms with Crippen LogP contribution >= 0.6 is 0 Å². The second kappa shape index (κ2) is 6.47. The molecule has 2 unspecified atom stereocenters. The SMILES string of the molecule is CCC1CC(NC(=O)Cn2nc(C)c3ccccc3c2=O)NN1. The van der Waals surface area contributed by atoms with Crippen molar-refractivity contribution in [3.8, 4) is 0 Å². The van der Waals surface area contributed by atoms with Crippen LogP contribution in [0, 0.1) is 6.92 Å². The van der Waals surface area contributed by atoms with Crippen molar-refractivity contribution in [3.05, 3.63) is 40.3 Å². The zero-order valence-corrected chi connectivity index (χ0v) is 13.3. The minimum Gasteiger partial charge on any atom is -0.338 e. The van der Waals surface area contributed by atoms with Crippen LogP contribution in [-0.2, 0) is 11.3 Å². The number of carbonyl (C=O) groups is 1. The highest BCUT2D eigenvalue weighted by Crippen LogP contribution is 2.11. The number of carbonyl (C=O) groups excluding carboxylic acids is 1. The molecular weight excluding hydrogens is 294 g/mol. The molecule has 0 aliphatic carbocycles. The van der Waals surface area contributed by atoms with Crippen LogP contribution in [0.15, 0.2) is 29.1 Å². The number of hydrogen-bond acceptors (Lipinski definition) is 5. The summed E-state index contributed by atoms with van der Waals surface area (Å²) >= 11 is 0. The summed E-state index contributed by atoms with van der Waals surface area (Å²) in [6.07, 6.45) is 1.69. The van der Waals surface area contributed by atoms with Gasteiger partial charge in [-0.1, -0.05) is 25.1 Å². The molecule has 3 rings (SSSR count). The first-order valence-corrected chi connectivity index (χ1v) is 7.85. The molecule has 1 aromatic carbocycles. The Morgan fingerprint density at radius 2 is 2.09 bits per heavy atom. The Labute approximate surface area is 134 Å². The number of benzene rings is 1. The minimum absolute atomic E-state index is 0.0838. The van der Waals surface area contributed by atoms with Crippen LogP contribution in [0.4, 0.5) is 0 Å². The third-order valence-corrected chi connectivity index (χ3v) is 4.16. The van der Waals surface area contributed by atoms with Crippen LogP contribution < -0.4 is 21.7 Å². The van der Waals surface area contributed by atoms with Gasteiger partial charge in [0.05, 0.1) is 17.2 Å². The van der Waals surface area contributed by atoms with E-state index in [4.69, 9.17) is 0 Å². The Hall–Kier alpha value is -2.25. The summed E-state index contributed by atoms with van der Waals surface area (Å²) < 4.78 is 1.23. The van der Waals surface area contributed by atoms with Crippen LogP contribution in [0.2, 0.25) is 0 Å². The van der Waals surface area contributed by atoms with Gasteiger partial charge in [0.15, 0.2) is 0 Å². The van der Waals surface area contributed by atoms with Gasteiger partial charge in [0.2, 0.25) is 5.91 Å². The summed E-state index contributed by atoms with van der Waals surface area (Å²) in [6.45, 7) is 3.84. The number of aryl methyl sites for hydroxylation is 1. The molecular formula is C16H21N5O2. The lowest BCUT2D eigenvalue weighted by Gasteiger charge is -2.13. The van der Waals surface area contributed by atoms with Crippen molar-refractivity contribution < 1.29 is 4.79 Å². The van der Waals surface area contributed by atoms with Crippen LogP contribution in [0.3, 0.4) is 0 Å². The summed E-state index contributed by atoms with van der Waals surface area (Å²) in [5.74, 6) is -0.231. The van der Waals surface area contributed by atoms with E-state index in [1.807, 2.05) is 25.1 Å². The highest BCUT2D eigenvalue weighted by molar-refractivity contribution is 5.83. The Bertz CT molecular complexity index is 786. The number of fused-ring (bicyclic) bond motifs is 1. The fourth-order valence-corrected chi connectivity index (χ4v) is 2.87. The fraction of sp³-hybridized carbons (Fsp3) is 0.438. The van der Waals surface area contributed by atoms with Crippen molar-refractivity contribution in [1.29, 1.82) is 0 Å². The molecule has 1 amide bonds. The van der Waals surface area contributed by atoms with E-state index >= 15 is 0 Å². The Kier molecular flexibility index (Phi) is 4.40. The molecule has 1 aliphatic rings. The number of hydrazine groups is 1. The highest BCUT2D eigenvalue weighted by atomic mass is 16.2. The van der Waals surface area contributed by atoms with E-state index in [2.05, 4.69) is 28.2 Å². The molecule has 2 heterocycles. The number of aromatic nitrogens is 2. The molecule has 0 radical (unpaired) electrons. The molecule has 2 atom stereocenters. The van der Waals surface area contributed by atoms with E-state index in [0.717, 1.165) is 23.9 Å². The fourth-order valence-electron chi connectivity index (χ4n) is 2.87. The van der Waals surface area contributed by atoms with E-state index in [1.54, 1.807) is 6.07 Å². The summed E-state index contributed by atoms with van der Waals surface area (Å²) in [7, 11) is 0. The maximum Gasteiger partial charge on any atom is 0.275 e. The van der Waals surface area contributed by atoms with Crippen molar-refractivity contribution in [2.75, 3.05) is 0 Å². The van der Waals surface area contributed by atoms with Gasteiger partial charge >= 0.3 is 0 Å². The van der Waals surface area contributed by atoms with Crippen LogP contribution in [0.5, 0.6) is 0 Å².